The molecule has 0 N–H and O–H groups in total. The van der Waals surface area contributed by atoms with E-state index in [4.69, 9.17) is 4.74 Å². The summed E-state index contributed by atoms with van der Waals surface area (Å²) in [5.41, 5.74) is 3.92. The SMILES string of the molecule is COCCN(CC(=O)N(Cc1cccn1Cc1ccccc1)C(C)C)C(=O)c1ccc(C)cc1. The molecule has 0 bridgehead atoms. The van der Waals surface area contributed by atoms with Gasteiger partial charge in [0.05, 0.1) is 13.2 Å². The minimum absolute atomic E-state index is 0.00758. The van der Waals surface area contributed by atoms with E-state index in [0.717, 1.165) is 17.8 Å². The summed E-state index contributed by atoms with van der Waals surface area (Å²) in [4.78, 5) is 30.0. The number of rotatable bonds is 11. The highest BCUT2D eigenvalue weighted by Crippen LogP contribution is 2.14. The Morgan fingerprint density at radius 1 is 0.971 bits per heavy atom. The van der Waals surface area contributed by atoms with E-state index in [2.05, 4.69) is 16.7 Å². The lowest BCUT2D eigenvalue weighted by molar-refractivity contribution is -0.134. The van der Waals surface area contributed by atoms with Gasteiger partial charge in [0.2, 0.25) is 5.91 Å². The van der Waals surface area contributed by atoms with Gasteiger partial charge in [-0.05, 0) is 50.6 Å². The molecule has 0 aliphatic carbocycles. The molecule has 0 aliphatic rings. The van der Waals surface area contributed by atoms with Gasteiger partial charge in [-0.15, -0.1) is 0 Å². The van der Waals surface area contributed by atoms with E-state index >= 15 is 0 Å². The first kappa shape index (κ1) is 25.2. The van der Waals surface area contributed by atoms with Crippen LogP contribution in [0.15, 0.2) is 72.9 Å². The standard InChI is InChI=1S/C28H35N3O3/c1-22(2)31(20-26-11-8-16-29(26)19-24-9-6-5-7-10-24)27(32)21-30(17-18-34-4)28(33)25-14-12-23(3)13-15-25/h5-16,22H,17-21H2,1-4H3. The first-order valence-corrected chi connectivity index (χ1v) is 11.7. The summed E-state index contributed by atoms with van der Waals surface area (Å²) in [6.45, 7) is 7.94. The molecular weight excluding hydrogens is 426 g/mol. The molecule has 0 saturated carbocycles. The lowest BCUT2D eigenvalue weighted by atomic mass is 10.1. The molecule has 0 radical (unpaired) electrons. The summed E-state index contributed by atoms with van der Waals surface area (Å²) in [6.07, 6.45) is 2.04. The zero-order chi connectivity index (χ0) is 24.5. The van der Waals surface area contributed by atoms with Crippen molar-refractivity contribution in [2.24, 2.45) is 0 Å². The van der Waals surface area contributed by atoms with E-state index < -0.39 is 0 Å². The summed E-state index contributed by atoms with van der Waals surface area (Å²) in [5, 5.41) is 0. The molecule has 34 heavy (non-hydrogen) atoms. The molecule has 0 atom stereocenters. The Morgan fingerprint density at radius 3 is 2.32 bits per heavy atom. The maximum absolute atomic E-state index is 13.4. The van der Waals surface area contributed by atoms with Crippen LogP contribution in [0, 0.1) is 6.92 Å². The predicted octanol–water partition coefficient (Wildman–Crippen LogP) is 4.37. The zero-order valence-corrected chi connectivity index (χ0v) is 20.6. The van der Waals surface area contributed by atoms with E-state index in [1.54, 1.807) is 24.1 Å². The summed E-state index contributed by atoms with van der Waals surface area (Å²) in [7, 11) is 1.59. The Balaban J connectivity index is 1.74. The molecule has 0 spiro atoms. The number of benzene rings is 2. The lowest BCUT2D eigenvalue weighted by Crippen LogP contribution is -2.46. The Labute approximate surface area is 202 Å². The van der Waals surface area contributed by atoms with Crippen LogP contribution in [-0.4, -0.2) is 59.0 Å². The number of nitrogens with zero attached hydrogens (tertiary/aromatic N) is 3. The van der Waals surface area contributed by atoms with Crippen molar-refractivity contribution >= 4 is 11.8 Å². The maximum atomic E-state index is 13.4. The summed E-state index contributed by atoms with van der Waals surface area (Å²) in [6, 6.07) is 21.7. The van der Waals surface area contributed by atoms with Gasteiger partial charge in [0, 0.05) is 43.7 Å². The third-order valence-corrected chi connectivity index (χ3v) is 5.87. The Kier molecular flexibility index (Phi) is 9.05. The van der Waals surface area contributed by atoms with Crippen LogP contribution in [0.1, 0.15) is 41.0 Å². The molecule has 1 heterocycles. The number of carbonyl (C=O) groups excluding carboxylic acids is 2. The van der Waals surface area contributed by atoms with Gasteiger partial charge in [-0.1, -0.05) is 48.0 Å². The quantitative estimate of drug-likeness (QED) is 0.426. The van der Waals surface area contributed by atoms with Gasteiger partial charge in [-0.25, -0.2) is 0 Å². The topological polar surface area (TPSA) is 54.8 Å². The fourth-order valence-corrected chi connectivity index (χ4v) is 3.85. The number of amides is 2. The summed E-state index contributed by atoms with van der Waals surface area (Å²) >= 11 is 0. The Bertz CT molecular complexity index is 1060. The minimum atomic E-state index is -0.165. The van der Waals surface area contributed by atoms with Gasteiger partial charge in [0.15, 0.2) is 0 Å². The van der Waals surface area contributed by atoms with Crippen molar-refractivity contribution in [3.8, 4) is 0 Å². The van der Waals surface area contributed by atoms with Crippen molar-refractivity contribution in [2.45, 2.75) is 39.9 Å². The molecule has 1 aromatic heterocycles. The largest absolute Gasteiger partial charge is 0.383 e. The van der Waals surface area contributed by atoms with Crippen LogP contribution in [0.2, 0.25) is 0 Å². The molecule has 6 nitrogen and oxygen atoms in total. The monoisotopic (exact) mass is 461 g/mol. The van der Waals surface area contributed by atoms with Crippen LogP contribution >= 0.6 is 0 Å². The fourth-order valence-electron chi connectivity index (χ4n) is 3.85. The number of carbonyl (C=O) groups is 2. The predicted molar refractivity (Wildman–Crippen MR) is 135 cm³/mol. The van der Waals surface area contributed by atoms with Gasteiger partial charge in [0.1, 0.15) is 6.54 Å². The van der Waals surface area contributed by atoms with Crippen molar-refractivity contribution in [3.05, 3.63) is 95.3 Å². The van der Waals surface area contributed by atoms with E-state index in [-0.39, 0.29) is 24.4 Å². The van der Waals surface area contributed by atoms with Crippen LogP contribution in [-0.2, 0) is 22.6 Å². The third-order valence-electron chi connectivity index (χ3n) is 5.87. The number of ether oxygens (including phenoxy) is 1. The summed E-state index contributed by atoms with van der Waals surface area (Å²) < 4.78 is 7.37. The molecule has 0 aliphatic heterocycles. The average Bonchev–Trinajstić information content (AvgIpc) is 3.27. The van der Waals surface area contributed by atoms with Crippen LogP contribution in [0.5, 0.6) is 0 Å². The molecule has 3 aromatic rings. The first-order valence-electron chi connectivity index (χ1n) is 11.7. The normalized spacial score (nSPS) is 11.0. The van der Waals surface area contributed by atoms with E-state index in [1.807, 2.05) is 74.3 Å². The van der Waals surface area contributed by atoms with Gasteiger partial charge in [-0.3, -0.25) is 9.59 Å². The molecule has 0 saturated heterocycles. The van der Waals surface area contributed by atoms with Crippen LogP contribution in [0.4, 0.5) is 0 Å². The van der Waals surface area contributed by atoms with Crippen LogP contribution < -0.4 is 0 Å². The van der Waals surface area contributed by atoms with Crippen LogP contribution in [0.3, 0.4) is 0 Å². The number of aryl methyl sites for hydroxylation is 1. The van der Waals surface area contributed by atoms with Crippen molar-refractivity contribution in [1.82, 2.24) is 14.4 Å². The number of methoxy groups -OCH3 is 1. The second-order valence-electron chi connectivity index (χ2n) is 8.81. The smallest absolute Gasteiger partial charge is 0.254 e. The first-order chi connectivity index (χ1) is 16.4. The van der Waals surface area contributed by atoms with Gasteiger partial charge in [-0.2, -0.15) is 0 Å². The van der Waals surface area contributed by atoms with Gasteiger partial charge >= 0.3 is 0 Å². The van der Waals surface area contributed by atoms with Gasteiger partial charge < -0.3 is 19.1 Å². The van der Waals surface area contributed by atoms with E-state index in [0.29, 0.717) is 25.3 Å². The average molecular weight is 462 g/mol. The van der Waals surface area contributed by atoms with E-state index in [9.17, 15) is 9.59 Å². The highest BCUT2D eigenvalue weighted by atomic mass is 16.5. The van der Waals surface area contributed by atoms with Gasteiger partial charge in [0.25, 0.3) is 5.91 Å². The van der Waals surface area contributed by atoms with Crippen molar-refractivity contribution in [1.29, 1.82) is 0 Å². The number of aromatic nitrogens is 1. The minimum Gasteiger partial charge on any atom is -0.383 e. The number of hydrogen-bond donors (Lipinski definition) is 0. The molecule has 0 unspecified atom stereocenters. The molecule has 0 fully saturated rings. The second kappa shape index (κ2) is 12.2. The second-order valence-corrected chi connectivity index (χ2v) is 8.81. The van der Waals surface area contributed by atoms with Crippen molar-refractivity contribution in [2.75, 3.05) is 26.8 Å². The molecule has 180 valence electrons. The molecule has 3 rings (SSSR count). The van der Waals surface area contributed by atoms with Crippen molar-refractivity contribution < 1.29 is 14.3 Å². The molecular formula is C28H35N3O3. The Hall–Kier alpha value is -3.38. The zero-order valence-electron chi connectivity index (χ0n) is 20.6. The van der Waals surface area contributed by atoms with E-state index in [1.165, 1.54) is 5.56 Å². The molecule has 2 amide bonds. The molecule has 2 aromatic carbocycles. The number of hydrogen-bond acceptors (Lipinski definition) is 3. The fraction of sp³-hybridized carbons (Fsp3) is 0.357. The maximum Gasteiger partial charge on any atom is 0.254 e. The highest BCUT2D eigenvalue weighted by molar-refractivity contribution is 5.96. The van der Waals surface area contributed by atoms with Crippen LogP contribution in [0.25, 0.3) is 0 Å². The highest BCUT2D eigenvalue weighted by Gasteiger charge is 2.24. The lowest BCUT2D eigenvalue weighted by Gasteiger charge is -2.30. The summed E-state index contributed by atoms with van der Waals surface area (Å²) in [5.74, 6) is -0.249. The third kappa shape index (κ3) is 6.81. The Morgan fingerprint density at radius 2 is 1.68 bits per heavy atom. The molecule has 6 heteroatoms. The van der Waals surface area contributed by atoms with Crippen molar-refractivity contribution in [3.63, 3.8) is 0 Å².